The molecule has 0 aliphatic carbocycles. The Morgan fingerprint density at radius 1 is 1.23 bits per heavy atom. The van der Waals surface area contributed by atoms with Gasteiger partial charge in [-0.05, 0) is 30.2 Å². The van der Waals surface area contributed by atoms with Crippen molar-refractivity contribution in [3.63, 3.8) is 0 Å². The molecule has 1 atom stereocenters. The topological polar surface area (TPSA) is 70.7 Å². The third kappa shape index (κ3) is 3.96. The molecule has 1 unspecified atom stereocenters. The van der Waals surface area contributed by atoms with Crippen molar-refractivity contribution in [3.8, 4) is 5.75 Å². The van der Waals surface area contributed by atoms with E-state index in [0.717, 1.165) is 23.4 Å². The van der Waals surface area contributed by atoms with E-state index in [0.29, 0.717) is 12.3 Å². The van der Waals surface area contributed by atoms with Gasteiger partial charge in [-0.15, -0.1) is 0 Å². The maximum absolute atomic E-state index is 12.3. The zero-order chi connectivity index (χ0) is 18.5. The molecule has 0 spiro atoms. The molecule has 1 saturated heterocycles. The maximum Gasteiger partial charge on any atom is 0.319 e. The highest BCUT2D eigenvalue weighted by atomic mass is 16.5. The average molecular weight is 353 g/mol. The number of rotatable bonds is 5. The van der Waals surface area contributed by atoms with Crippen LogP contribution in [0.25, 0.3) is 0 Å². The number of aryl methyl sites for hydroxylation is 1. The Hall–Kier alpha value is -3.02. The van der Waals surface area contributed by atoms with Gasteiger partial charge in [0, 0.05) is 30.4 Å². The standard InChI is InChI=1S/C20H23N3O3/c1-3-14-7-4-5-10-18(14)22-20(25)21-15-11-19(24)23(13-15)16-8-6-9-17(12-16)26-2/h4-10,12,15H,3,11,13H2,1-2H3,(H2,21,22,25). The lowest BCUT2D eigenvalue weighted by molar-refractivity contribution is -0.117. The number of nitrogens with one attached hydrogen (secondary N) is 2. The molecule has 6 nitrogen and oxygen atoms in total. The molecule has 2 aromatic carbocycles. The van der Waals surface area contributed by atoms with Gasteiger partial charge in [-0.25, -0.2) is 4.79 Å². The van der Waals surface area contributed by atoms with E-state index in [9.17, 15) is 9.59 Å². The summed E-state index contributed by atoms with van der Waals surface area (Å²) in [5.74, 6) is 0.679. The molecule has 6 heteroatoms. The average Bonchev–Trinajstić information content (AvgIpc) is 3.02. The predicted octanol–water partition coefficient (Wildman–Crippen LogP) is 3.18. The lowest BCUT2D eigenvalue weighted by atomic mass is 10.1. The number of hydrogen-bond donors (Lipinski definition) is 2. The fourth-order valence-electron chi connectivity index (χ4n) is 3.13. The first-order valence-corrected chi connectivity index (χ1v) is 8.70. The summed E-state index contributed by atoms with van der Waals surface area (Å²) in [5.41, 5.74) is 2.64. The SMILES string of the molecule is CCc1ccccc1NC(=O)NC1CC(=O)N(c2cccc(OC)c2)C1. The molecule has 1 aliphatic rings. The molecule has 0 aromatic heterocycles. The highest BCUT2D eigenvalue weighted by Gasteiger charge is 2.31. The summed E-state index contributed by atoms with van der Waals surface area (Å²) in [4.78, 5) is 26.3. The first kappa shape index (κ1) is 17.8. The second-order valence-electron chi connectivity index (χ2n) is 6.22. The van der Waals surface area contributed by atoms with E-state index < -0.39 is 0 Å². The van der Waals surface area contributed by atoms with Gasteiger partial charge < -0.3 is 20.3 Å². The zero-order valence-corrected chi connectivity index (χ0v) is 15.0. The van der Waals surface area contributed by atoms with Crippen LogP contribution in [0.5, 0.6) is 5.75 Å². The molecule has 0 bridgehead atoms. The summed E-state index contributed by atoms with van der Waals surface area (Å²) in [5, 5.41) is 5.77. The molecule has 1 fully saturated rings. The van der Waals surface area contributed by atoms with Crippen LogP contribution in [0.4, 0.5) is 16.2 Å². The number of para-hydroxylation sites is 1. The number of carbonyl (C=O) groups excluding carboxylic acids is 2. The van der Waals surface area contributed by atoms with Crippen LogP contribution in [-0.2, 0) is 11.2 Å². The monoisotopic (exact) mass is 353 g/mol. The van der Waals surface area contributed by atoms with Gasteiger partial charge in [0.25, 0.3) is 0 Å². The van der Waals surface area contributed by atoms with E-state index in [4.69, 9.17) is 4.74 Å². The molecule has 2 N–H and O–H groups in total. The van der Waals surface area contributed by atoms with Crippen LogP contribution in [0, 0.1) is 0 Å². The van der Waals surface area contributed by atoms with Gasteiger partial charge in [0.2, 0.25) is 5.91 Å². The molecule has 3 amide bonds. The van der Waals surface area contributed by atoms with Crippen molar-refractivity contribution in [3.05, 3.63) is 54.1 Å². The highest BCUT2D eigenvalue weighted by molar-refractivity contribution is 5.98. The Morgan fingerprint density at radius 2 is 2.04 bits per heavy atom. The highest BCUT2D eigenvalue weighted by Crippen LogP contribution is 2.25. The van der Waals surface area contributed by atoms with E-state index in [2.05, 4.69) is 10.6 Å². The number of nitrogens with zero attached hydrogens (tertiary/aromatic N) is 1. The summed E-state index contributed by atoms with van der Waals surface area (Å²) in [6, 6.07) is 14.5. The van der Waals surface area contributed by atoms with Crippen molar-refractivity contribution in [1.82, 2.24) is 5.32 Å². The van der Waals surface area contributed by atoms with Gasteiger partial charge in [0.1, 0.15) is 5.75 Å². The Labute approximate surface area is 153 Å². The van der Waals surface area contributed by atoms with Crippen LogP contribution in [0.3, 0.4) is 0 Å². The molecule has 2 aromatic rings. The Morgan fingerprint density at radius 3 is 2.81 bits per heavy atom. The fourth-order valence-corrected chi connectivity index (χ4v) is 3.13. The van der Waals surface area contributed by atoms with Crippen LogP contribution >= 0.6 is 0 Å². The number of anilines is 2. The van der Waals surface area contributed by atoms with E-state index in [-0.39, 0.29) is 24.4 Å². The molecule has 26 heavy (non-hydrogen) atoms. The number of benzene rings is 2. The third-order valence-corrected chi connectivity index (χ3v) is 4.47. The molecule has 0 radical (unpaired) electrons. The first-order valence-electron chi connectivity index (χ1n) is 8.70. The Balaban J connectivity index is 1.62. The minimum atomic E-state index is -0.295. The van der Waals surface area contributed by atoms with Gasteiger partial charge in [-0.1, -0.05) is 31.2 Å². The number of carbonyl (C=O) groups is 2. The second-order valence-corrected chi connectivity index (χ2v) is 6.22. The molecular formula is C20H23N3O3. The predicted molar refractivity (Wildman–Crippen MR) is 102 cm³/mol. The summed E-state index contributed by atoms with van der Waals surface area (Å²) in [6.07, 6.45) is 1.11. The fraction of sp³-hybridized carbons (Fsp3) is 0.300. The molecule has 1 aliphatic heterocycles. The van der Waals surface area contributed by atoms with Gasteiger partial charge in [0.05, 0.1) is 13.2 Å². The summed E-state index contributed by atoms with van der Waals surface area (Å²) >= 11 is 0. The van der Waals surface area contributed by atoms with Gasteiger partial charge in [-0.2, -0.15) is 0 Å². The molecule has 136 valence electrons. The van der Waals surface area contributed by atoms with E-state index in [1.807, 2.05) is 55.5 Å². The number of hydrogen-bond acceptors (Lipinski definition) is 3. The van der Waals surface area contributed by atoms with Crippen LogP contribution < -0.4 is 20.3 Å². The van der Waals surface area contributed by atoms with E-state index in [1.165, 1.54) is 0 Å². The molecule has 0 saturated carbocycles. The minimum absolute atomic E-state index is 0.0162. The van der Waals surface area contributed by atoms with E-state index >= 15 is 0 Å². The minimum Gasteiger partial charge on any atom is -0.497 e. The third-order valence-electron chi connectivity index (χ3n) is 4.47. The van der Waals surface area contributed by atoms with Crippen LogP contribution in [0.15, 0.2) is 48.5 Å². The van der Waals surface area contributed by atoms with Crippen molar-refractivity contribution < 1.29 is 14.3 Å². The number of ether oxygens (including phenoxy) is 1. The molecule has 1 heterocycles. The zero-order valence-electron chi connectivity index (χ0n) is 15.0. The quantitative estimate of drug-likeness (QED) is 0.867. The summed E-state index contributed by atoms with van der Waals surface area (Å²) in [7, 11) is 1.59. The molecule has 3 rings (SSSR count). The number of methoxy groups -OCH3 is 1. The Kier molecular flexibility index (Phi) is 5.41. The van der Waals surface area contributed by atoms with Gasteiger partial charge >= 0.3 is 6.03 Å². The largest absolute Gasteiger partial charge is 0.497 e. The van der Waals surface area contributed by atoms with E-state index in [1.54, 1.807) is 12.0 Å². The van der Waals surface area contributed by atoms with Crippen molar-refractivity contribution in [2.24, 2.45) is 0 Å². The summed E-state index contributed by atoms with van der Waals surface area (Å²) < 4.78 is 5.21. The van der Waals surface area contributed by atoms with Crippen molar-refractivity contribution >= 4 is 23.3 Å². The second kappa shape index (κ2) is 7.91. The van der Waals surface area contributed by atoms with Crippen LogP contribution in [0.1, 0.15) is 18.9 Å². The van der Waals surface area contributed by atoms with Gasteiger partial charge in [0.15, 0.2) is 0 Å². The number of urea groups is 1. The lowest BCUT2D eigenvalue weighted by Crippen LogP contribution is -2.39. The van der Waals surface area contributed by atoms with Crippen LogP contribution in [-0.4, -0.2) is 31.6 Å². The van der Waals surface area contributed by atoms with Crippen LogP contribution in [0.2, 0.25) is 0 Å². The Bertz CT molecular complexity index is 806. The van der Waals surface area contributed by atoms with Crippen molar-refractivity contribution in [2.75, 3.05) is 23.9 Å². The van der Waals surface area contributed by atoms with Gasteiger partial charge in [-0.3, -0.25) is 4.79 Å². The van der Waals surface area contributed by atoms with Crippen molar-refractivity contribution in [2.45, 2.75) is 25.8 Å². The number of amides is 3. The summed E-state index contributed by atoms with van der Waals surface area (Å²) in [6.45, 7) is 2.48. The smallest absolute Gasteiger partial charge is 0.319 e. The van der Waals surface area contributed by atoms with Crippen molar-refractivity contribution in [1.29, 1.82) is 0 Å². The normalized spacial score (nSPS) is 16.5. The molecular weight excluding hydrogens is 330 g/mol. The first-order chi connectivity index (χ1) is 12.6. The maximum atomic E-state index is 12.3. The lowest BCUT2D eigenvalue weighted by Gasteiger charge is -2.18.